The molecule has 0 aliphatic carbocycles. The molecule has 0 aliphatic heterocycles. The molecule has 0 aromatic heterocycles. The summed E-state index contributed by atoms with van der Waals surface area (Å²) in [6.07, 6.45) is 4.02. The zero-order valence-electron chi connectivity index (χ0n) is 10.6. The Hall–Kier alpha value is -2.29. The van der Waals surface area contributed by atoms with Crippen molar-refractivity contribution in [3.63, 3.8) is 0 Å². The van der Waals surface area contributed by atoms with Gasteiger partial charge in [-0.2, -0.15) is 0 Å². The lowest BCUT2D eigenvalue weighted by atomic mass is 10.1. The van der Waals surface area contributed by atoms with Crippen molar-refractivity contribution < 1.29 is 9.13 Å². The predicted molar refractivity (Wildman–Crippen MR) is 77.7 cm³/mol. The van der Waals surface area contributed by atoms with E-state index in [4.69, 9.17) is 10.5 Å². The van der Waals surface area contributed by atoms with Gasteiger partial charge in [0.15, 0.2) is 0 Å². The summed E-state index contributed by atoms with van der Waals surface area (Å²) in [6.45, 7) is -0.376. The van der Waals surface area contributed by atoms with E-state index in [1.165, 1.54) is 0 Å². The van der Waals surface area contributed by atoms with Crippen molar-refractivity contribution in [2.24, 2.45) is 0 Å². The van der Waals surface area contributed by atoms with Crippen LogP contribution in [0.5, 0.6) is 5.75 Å². The van der Waals surface area contributed by atoms with Crippen LogP contribution in [0.15, 0.2) is 48.5 Å². The van der Waals surface area contributed by atoms with Crippen LogP contribution in [-0.2, 0) is 0 Å². The van der Waals surface area contributed by atoms with Crippen LogP contribution in [0.25, 0.3) is 12.2 Å². The van der Waals surface area contributed by atoms with Crippen LogP contribution in [0.4, 0.5) is 10.1 Å². The number of anilines is 1. The molecule has 0 amide bonds. The molecule has 0 aliphatic rings. The van der Waals surface area contributed by atoms with E-state index in [0.717, 1.165) is 16.8 Å². The average molecular weight is 257 g/mol. The SMILES string of the molecule is Nc1ccc(/C=C/c2ccc(OCCF)cc2)cc1. The fourth-order valence-electron chi connectivity index (χ4n) is 1.63. The lowest BCUT2D eigenvalue weighted by Crippen LogP contribution is -1.98. The van der Waals surface area contributed by atoms with Crippen molar-refractivity contribution >= 4 is 17.8 Å². The number of rotatable bonds is 5. The molecule has 2 aromatic rings. The molecule has 0 atom stereocenters. The van der Waals surface area contributed by atoms with Crippen molar-refractivity contribution in [2.75, 3.05) is 19.0 Å². The quantitative estimate of drug-likeness (QED) is 0.653. The van der Waals surface area contributed by atoms with E-state index in [0.29, 0.717) is 5.75 Å². The highest BCUT2D eigenvalue weighted by atomic mass is 19.1. The predicted octanol–water partition coefficient (Wildman–Crippen LogP) is 3.79. The van der Waals surface area contributed by atoms with E-state index in [-0.39, 0.29) is 6.61 Å². The van der Waals surface area contributed by atoms with Crippen molar-refractivity contribution in [3.05, 3.63) is 59.7 Å². The van der Waals surface area contributed by atoms with Gasteiger partial charge in [-0.15, -0.1) is 0 Å². The topological polar surface area (TPSA) is 35.2 Å². The molecule has 0 fully saturated rings. The Kier molecular flexibility index (Phi) is 4.56. The van der Waals surface area contributed by atoms with E-state index >= 15 is 0 Å². The summed E-state index contributed by atoms with van der Waals surface area (Å²) in [6, 6.07) is 15.2. The first-order valence-electron chi connectivity index (χ1n) is 6.10. The smallest absolute Gasteiger partial charge is 0.123 e. The zero-order chi connectivity index (χ0) is 13.5. The molecule has 0 heterocycles. The summed E-state index contributed by atoms with van der Waals surface area (Å²) in [5, 5.41) is 0. The Labute approximate surface area is 112 Å². The first-order valence-corrected chi connectivity index (χ1v) is 6.10. The van der Waals surface area contributed by atoms with Crippen LogP contribution < -0.4 is 10.5 Å². The number of benzene rings is 2. The summed E-state index contributed by atoms with van der Waals surface area (Å²) in [7, 11) is 0. The van der Waals surface area contributed by atoms with Gasteiger partial charge in [0.05, 0.1) is 0 Å². The Morgan fingerprint density at radius 2 is 1.42 bits per heavy atom. The van der Waals surface area contributed by atoms with E-state index in [1.54, 1.807) is 0 Å². The molecule has 2 rings (SSSR count). The maximum atomic E-state index is 11.9. The minimum atomic E-state index is -0.473. The van der Waals surface area contributed by atoms with Crippen LogP contribution in [0, 0.1) is 0 Å². The molecule has 19 heavy (non-hydrogen) atoms. The zero-order valence-corrected chi connectivity index (χ0v) is 10.6. The number of nitrogens with two attached hydrogens (primary N) is 1. The van der Waals surface area contributed by atoms with Crippen molar-refractivity contribution in [2.45, 2.75) is 0 Å². The number of alkyl halides is 1. The summed E-state index contributed by atoms with van der Waals surface area (Å²) >= 11 is 0. The van der Waals surface area contributed by atoms with Crippen LogP contribution in [0.1, 0.15) is 11.1 Å². The fourth-order valence-corrected chi connectivity index (χ4v) is 1.63. The summed E-state index contributed by atoms with van der Waals surface area (Å²) in [4.78, 5) is 0. The normalized spacial score (nSPS) is 10.8. The van der Waals surface area contributed by atoms with Gasteiger partial charge in [0.25, 0.3) is 0 Å². The highest BCUT2D eigenvalue weighted by Gasteiger charge is 1.93. The Balaban J connectivity index is 2.00. The van der Waals surface area contributed by atoms with Gasteiger partial charge >= 0.3 is 0 Å². The molecule has 2 nitrogen and oxygen atoms in total. The highest BCUT2D eigenvalue weighted by Crippen LogP contribution is 2.15. The second-order valence-electron chi connectivity index (χ2n) is 4.11. The number of ether oxygens (including phenoxy) is 1. The third kappa shape index (κ3) is 4.14. The second-order valence-corrected chi connectivity index (χ2v) is 4.11. The molecule has 0 saturated carbocycles. The third-order valence-corrected chi connectivity index (χ3v) is 2.63. The summed E-state index contributed by atoms with van der Waals surface area (Å²) in [5.41, 5.74) is 8.53. The van der Waals surface area contributed by atoms with Crippen LogP contribution >= 0.6 is 0 Å². The van der Waals surface area contributed by atoms with Gasteiger partial charge in [-0.3, -0.25) is 0 Å². The molecule has 3 heteroatoms. The Morgan fingerprint density at radius 3 is 1.95 bits per heavy atom. The number of hydrogen-bond donors (Lipinski definition) is 1. The average Bonchev–Trinajstić information content (AvgIpc) is 2.46. The fraction of sp³-hybridized carbons (Fsp3) is 0.125. The largest absolute Gasteiger partial charge is 0.491 e. The second kappa shape index (κ2) is 6.59. The van der Waals surface area contributed by atoms with Gasteiger partial charge in [0.1, 0.15) is 19.0 Å². The van der Waals surface area contributed by atoms with E-state index in [9.17, 15) is 4.39 Å². The molecule has 98 valence electrons. The number of hydrogen-bond acceptors (Lipinski definition) is 2. The van der Waals surface area contributed by atoms with Gasteiger partial charge in [-0.25, -0.2) is 4.39 Å². The van der Waals surface area contributed by atoms with Gasteiger partial charge in [-0.05, 0) is 35.4 Å². The van der Waals surface area contributed by atoms with Gasteiger partial charge in [0.2, 0.25) is 0 Å². The first-order chi connectivity index (χ1) is 9.28. The lowest BCUT2D eigenvalue weighted by molar-refractivity contribution is 0.273. The Bertz CT molecular complexity index is 532. The van der Waals surface area contributed by atoms with Crippen LogP contribution in [-0.4, -0.2) is 13.3 Å². The lowest BCUT2D eigenvalue weighted by Gasteiger charge is -2.03. The molecule has 0 radical (unpaired) electrons. The van der Waals surface area contributed by atoms with E-state index < -0.39 is 6.67 Å². The van der Waals surface area contributed by atoms with Crippen molar-refractivity contribution in [3.8, 4) is 5.75 Å². The molecule has 0 bridgehead atoms. The molecular formula is C16H16FNO. The Morgan fingerprint density at radius 1 is 0.895 bits per heavy atom. The van der Waals surface area contributed by atoms with E-state index in [1.807, 2.05) is 60.7 Å². The van der Waals surface area contributed by atoms with Gasteiger partial charge in [0, 0.05) is 5.69 Å². The summed E-state index contributed by atoms with van der Waals surface area (Å²) < 4.78 is 17.1. The van der Waals surface area contributed by atoms with Gasteiger partial charge < -0.3 is 10.5 Å². The molecule has 2 aromatic carbocycles. The van der Waals surface area contributed by atoms with Crippen LogP contribution in [0.3, 0.4) is 0 Å². The van der Waals surface area contributed by atoms with Gasteiger partial charge in [-0.1, -0.05) is 36.4 Å². The first kappa shape index (κ1) is 13.1. The molecule has 0 saturated heterocycles. The van der Waals surface area contributed by atoms with Crippen LogP contribution in [0.2, 0.25) is 0 Å². The number of halogens is 1. The standard InChI is InChI=1S/C16H16FNO/c17-11-12-19-16-9-5-14(6-10-16)2-1-13-3-7-15(18)8-4-13/h1-10H,11-12,18H2/b2-1+. The third-order valence-electron chi connectivity index (χ3n) is 2.63. The minimum Gasteiger partial charge on any atom is -0.491 e. The van der Waals surface area contributed by atoms with E-state index in [2.05, 4.69) is 0 Å². The summed E-state index contributed by atoms with van der Waals surface area (Å²) in [5.74, 6) is 0.683. The number of nitrogen functional groups attached to an aromatic ring is 1. The minimum absolute atomic E-state index is 0.0978. The monoisotopic (exact) mass is 257 g/mol. The molecule has 2 N–H and O–H groups in total. The molecule has 0 spiro atoms. The van der Waals surface area contributed by atoms with Crippen molar-refractivity contribution in [1.29, 1.82) is 0 Å². The maximum Gasteiger partial charge on any atom is 0.123 e. The maximum absolute atomic E-state index is 11.9. The molecule has 0 unspecified atom stereocenters. The highest BCUT2D eigenvalue weighted by molar-refractivity contribution is 5.70. The van der Waals surface area contributed by atoms with Crippen molar-refractivity contribution in [1.82, 2.24) is 0 Å². The molecular weight excluding hydrogens is 241 g/mol.